The fourth-order valence-corrected chi connectivity index (χ4v) is 2.25. The van der Waals surface area contributed by atoms with Crippen LogP contribution in [0.2, 0.25) is 0 Å². The van der Waals surface area contributed by atoms with Gasteiger partial charge in [-0.2, -0.15) is 0 Å². The lowest BCUT2D eigenvalue weighted by Crippen LogP contribution is -2.44. The number of nitrogens with one attached hydrogen (secondary N) is 1. The number of likely N-dealkylation sites (tertiary alicyclic amines) is 1. The average molecular weight is 268 g/mol. The van der Waals surface area contributed by atoms with E-state index in [1.807, 2.05) is 13.0 Å². The van der Waals surface area contributed by atoms with Crippen molar-refractivity contribution in [1.29, 1.82) is 0 Å². The first-order chi connectivity index (χ1) is 8.89. The summed E-state index contributed by atoms with van der Waals surface area (Å²) in [6.45, 7) is 8.11. The normalized spacial score (nSPS) is 24.0. The number of carbonyl (C=O) groups is 2. The molecular weight excluding hydrogens is 244 g/mol. The highest BCUT2D eigenvalue weighted by Crippen LogP contribution is 2.30. The fourth-order valence-electron chi connectivity index (χ4n) is 2.25. The third-order valence-electron chi connectivity index (χ3n) is 3.69. The second kappa shape index (κ2) is 6.59. The van der Waals surface area contributed by atoms with E-state index in [1.54, 1.807) is 11.8 Å². The van der Waals surface area contributed by atoms with Crippen LogP contribution in [0.15, 0.2) is 12.7 Å². The van der Waals surface area contributed by atoms with Crippen molar-refractivity contribution >= 4 is 12.0 Å². The maximum atomic E-state index is 12.0. The van der Waals surface area contributed by atoms with Gasteiger partial charge in [0.1, 0.15) is 0 Å². The third-order valence-corrected chi connectivity index (χ3v) is 3.69. The van der Waals surface area contributed by atoms with Gasteiger partial charge in [-0.05, 0) is 39.5 Å². The minimum absolute atomic E-state index is 0.101. The first kappa shape index (κ1) is 15.5. The van der Waals surface area contributed by atoms with Crippen molar-refractivity contribution in [3.63, 3.8) is 0 Å². The number of amides is 2. The van der Waals surface area contributed by atoms with Crippen LogP contribution in [-0.4, -0.2) is 41.1 Å². The molecule has 0 aliphatic carbocycles. The highest BCUT2D eigenvalue weighted by atomic mass is 16.4. The Labute approximate surface area is 114 Å². The van der Waals surface area contributed by atoms with Crippen molar-refractivity contribution in [2.24, 2.45) is 5.41 Å². The second-order valence-corrected chi connectivity index (χ2v) is 5.61. The van der Waals surface area contributed by atoms with Crippen LogP contribution in [0.1, 0.15) is 39.5 Å². The van der Waals surface area contributed by atoms with Gasteiger partial charge in [0.15, 0.2) is 0 Å². The molecule has 5 heteroatoms. The van der Waals surface area contributed by atoms with E-state index in [1.165, 1.54) is 0 Å². The summed E-state index contributed by atoms with van der Waals surface area (Å²) in [4.78, 5) is 24.7. The number of urea groups is 1. The molecule has 1 aliphatic rings. The number of unbranched alkanes of at least 4 members (excludes halogenated alkanes) is 1. The standard InChI is InChI=1S/C14H24N2O3/c1-4-5-6-7-11(2)15-13(19)16-9-8-14(3,10-16)12(17)18/h4,11H,1,5-10H2,2-3H3,(H,15,19)(H,17,18). The van der Waals surface area contributed by atoms with Crippen LogP contribution in [0, 0.1) is 5.41 Å². The molecular formula is C14H24N2O3. The molecule has 0 radical (unpaired) electrons. The first-order valence-corrected chi connectivity index (χ1v) is 6.79. The zero-order valence-corrected chi connectivity index (χ0v) is 11.8. The summed E-state index contributed by atoms with van der Waals surface area (Å²) in [5.41, 5.74) is -0.802. The van der Waals surface area contributed by atoms with Crippen molar-refractivity contribution in [3.8, 4) is 0 Å². The van der Waals surface area contributed by atoms with Crippen LogP contribution in [0.5, 0.6) is 0 Å². The number of carbonyl (C=O) groups excluding carboxylic acids is 1. The molecule has 0 aromatic rings. The molecule has 0 spiro atoms. The number of nitrogens with zero attached hydrogens (tertiary/aromatic N) is 1. The largest absolute Gasteiger partial charge is 0.481 e. The van der Waals surface area contributed by atoms with Gasteiger partial charge in [-0.25, -0.2) is 4.79 Å². The van der Waals surface area contributed by atoms with Gasteiger partial charge >= 0.3 is 12.0 Å². The van der Waals surface area contributed by atoms with Crippen molar-refractivity contribution in [1.82, 2.24) is 10.2 Å². The molecule has 19 heavy (non-hydrogen) atoms. The lowest BCUT2D eigenvalue weighted by molar-refractivity contribution is -0.146. The highest BCUT2D eigenvalue weighted by Gasteiger charge is 2.42. The molecule has 5 nitrogen and oxygen atoms in total. The van der Waals surface area contributed by atoms with Gasteiger partial charge in [-0.1, -0.05) is 6.08 Å². The minimum Gasteiger partial charge on any atom is -0.481 e. The van der Waals surface area contributed by atoms with Gasteiger partial charge in [-0.15, -0.1) is 6.58 Å². The topological polar surface area (TPSA) is 69.6 Å². The molecule has 2 atom stereocenters. The Morgan fingerprint density at radius 2 is 2.26 bits per heavy atom. The number of rotatable bonds is 6. The molecule has 1 aliphatic heterocycles. The Hall–Kier alpha value is -1.52. The number of aliphatic carboxylic acids is 1. The molecule has 1 fully saturated rings. The molecule has 2 N–H and O–H groups in total. The van der Waals surface area contributed by atoms with Crippen molar-refractivity contribution < 1.29 is 14.7 Å². The predicted molar refractivity (Wildman–Crippen MR) is 74.0 cm³/mol. The monoisotopic (exact) mass is 268 g/mol. The van der Waals surface area contributed by atoms with E-state index in [9.17, 15) is 9.59 Å². The van der Waals surface area contributed by atoms with Crippen LogP contribution in [0.3, 0.4) is 0 Å². The SMILES string of the molecule is C=CCCCC(C)NC(=O)N1CCC(C)(C(=O)O)C1. The summed E-state index contributed by atoms with van der Waals surface area (Å²) in [7, 11) is 0. The van der Waals surface area contributed by atoms with E-state index in [-0.39, 0.29) is 18.6 Å². The fraction of sp³-hybridized carbons (Fsp3) is 0.714. The molecule has 0 aromatic carbocycles. The summed E-state index contributed by atoms with van der Waals surface area (Å²) in [6.07, 6.45) is 5.23. The lowest BCUT2D eigenvalue weighted by atomic mass is 9.90. The van der Waals surface area contributed by atoms with E-state index in [0.29, 0.717) is 13.0 Å². The molecule has 2 unspecified atom stereocenters. The number of carboxylic acids is 1. The Morgan fingerprint density at radius 3 is 2.79 bits per heavy atom. The van der Waals surface area contributed by atoms with Gasteiger partial charge in [0.05, 0.1) is 5.41 Å². The van der Waals surface area contributed by atoms with Crippen molar-refractivity contribution in [3.05, 3.63) is 12.7 Å². The van der Waals surface area contributed by atoms with Crippen LogP contribution in [-0.2, 0) is 4.79 Å². The highest BCUT2D eigenvalue weighted by molar-refractivity contribution is 5.79. The molecule has 1 saturated heterocycles. The molecule has 0 bridgehead atoms. The molecule has 0 saturated carbocycles. The lowest BCUT2D eigenvalue weighted by Gasteiger charge is -2.22. The van der Waals surface area contributed by atoms with E-state index in [4.69, 9.17) is 5.11 Å². The predicted octanol–water partition coefficient (Wildman–Crippen LogP) is 2.24. The van der Waals surface area contributed by atoms with Gasteiger partial charge in [0.25, 0.3) is 0 Å². The zero-order valence-electron chi connectivity index (χ0n) is 11.8. The summed E-state index contributed by atoms with van der Waals surface area (Å²) in [5, 5.41) is 12.0. The maximum absolute atomic E-state index is 12.0. The van der Waals surface area contributed by atoms with E-state index in [0.717, 1.165) is 19.3 Å². The molecule has 0 aromatic heterocycles. The third kappa shape index (κ3) is 4.26. The van der Waals surface area contributed by atoms with Gasteiger partial charge < -0.3 is 15.3 Å². The van der Waals surface area contributed by atoms with Crippen molar-refractivity contribution in [2.45, 2.75) is 45.6 Å². The number of carboxylic acid groups (broad SMARTS) is 1. The van der Waals surface area contributed by atoms with Gasteiger partial charge in [0, 0.05) is 19.1 Å². The number of allylic oxidation sites excluding steroid dienone is 1. The Morgan fingerprint density at radius 1 is 1.58 bits per heavy atom. The first-order valence-electron chi connectivity index (χ1n) is 6.79. The molecule has 108 valence electrons. The van der Waals surface area contributed by atoms with Gasteiger partial charge in [-0.3, -0.25) is 4.79 Å². The molecule has 1 rings (SSSR count). The van der Waals surface area contributed by atoms with E-state index >= 15 is 0 Å². The Kier molecular flexibility index (Phi) is 5.39. The summed E-state index contributed by atoms with van der Waals surface area (Å²) in [5.74, 6) is -0.832. The van der Waals surface area contributed by atoms with Crippen LogP contribution in [0.4, 0.5) is 4.79 Å². The second-order valence-electron chi connectivity index (χ2n) is 5.61. The van der Waals surface area contributed by atoms with E-state index in [2.05, 4.69) is 11.9 Å². The van der Waals surface area contributed by atoms with Crippen LogP contribution < -0.4 is 5.32 Å². The van der Waals surface area contributed by atoms with Gasteiger partial charge in [0.2, 0.25) is 0 Å². The summed E-state index contributed by atoms with van der Waals surface area (Å²) in [6, 6.07) is -0.0554. The summed E-state index contributed by atoms with van der Waals surface area (Å²) >= 11 is 0. The van der Waals surface area contributed by atoms with Crippen molar-refractivity contribution in [2.75, 3.05) is 13.1 Å². The Balaban J connectivity index is 2.39. The summed E-state index contributed by atoms with van der Waals surface area (Å²) < 4.78 is 0. The zero-order chi connectivity index (χ0) is 14.5. The van der Waals surface area contributed by atoms with E-state index < -0.39 is 11.4 Å². The quantitative estimate of drug-likeness (QED) is 0.573. The number of hydrogen-bond donors (Lipinski definition) is 2. The smallest absolute Gasteiger partial charge is 0.317 e. The average Bonchev–Trinajstić information content (AvgIpc) is 2.74. The number of hydrogen-bond acceptors (Lipinski definition) is 2. The Bertz CT molecular complexity index is 357. The van der Waals surface area contributed by atoms with Crippen LogP contribution >= 0.6 is 0 Å². The van der Waals surface area contributed by atoms with Crippen LogP contribution in [0.25, 0.3) is 0 Å². The maximum Gasteiger partial charge on any atom is 0.317 e. The minimum atomic E-state index is -0.832. The molecule has 2 amide bonds. The molecule has 1 heterocycles.